The van der Waals surface area contributed by atoms with Crippen molar-refractivity contribution in [3.8, 4) is 17.2 Å². The molecule has 12 nitrogen and oxygen atoms in total. The van der Waals surface area contributed by atoms with E-state index in [-0.39, 0.29) is 17.9 Å². The van der Waals surface area contributed by atoms with Crippen LogP contribution < -0.4 is 15.5 Å². The average Bonchev–Trinajstić information content (AvgIpc) is 3.34. The van der Waals surface area contributed by atoms with E-state index in [1.807, 2.05) is 24.3 Å². The number of hydrogen-bond acceptors (Lipinski definition) is 10. The van der Waals surface area contributed by atoms with Crippen LogP contribution in [-0.4, -0.2) is 49.8 Å². The van der Waals surface area contributed by atoms with Crippen molar-refractivity contribution in [2.24, 2.45) is 5.10 Å². The van der Waals surface area contributed by atoms with Gasteiger partial charge in [-0.2, -0.15) is 5.10 Å². The van der Waals surface area contributed by atoms with E-state index >= 15 is 0 Å². The second-order valence-electron chi connectivity index (χ2n) is 8.09. The highest BCUT2D eigenvalue weighted by Crippen LogP contribution is 2.33. The lowest BCUT2D eigenvalue weighted by molar-refractivity contribution is -0.385. The zero-order valence-corrected chi connectivity index (χ0v) is 25.0. The van der Waals surface area contributed by atoms with E-state index in [1.54, 1.807) is 29.9 Å². The van der Waals surface area contributed by atoms with E-state index in [0.717, 1.165) is 29.7 Å². The van der Waals surface area contributed by atoms with Gasteiger partial charge in [-0.3, -0.25) is 19.5 Å². The number of nitrogens with zero attached hydrogens (tertiary/aromatic N) is 5. The zero-order chi connectivity index (χ0) is 29.5. The number of hydrazone groups is 1. The van der Waals surface area contributed by atoms with Gasteiger partial charge in [0.05, 0.1) is 46.9 Å². The molecule has 0 unspecified atom stereocenters. The van der Waals surface area contributed by atoms with Gasteiger partial charge in [-0.1, -0.05) is 63.0 Å². The minimum absolute atomic E-state index is 0.0448. The fourth-order valence-corrected chi connectivity index (χ4v) is 5.27. The highest BCUT2D eigenvalue weighted by Gasteiger charge is 2.20. The summed E-state index contributed by atoms with van der Waals surface area (Å²) in [5.74, 6) is -0.0208. The van der Waals surface area contributed by atoms with Gasteiger partial charge in [0, 0.05) is 21.1 Å². The van der Waals surface area contributed by atoms with Gasteiger partial charge in [0.15, 0.2) is 11.0 Å². The van der Waals surface area contributed by atoms with Gasteiger partial charge in [0.1, 0.15) is 5.75 Å². The number of carbonyl (C=O) groups is 1. The van der Waals surface area contributed by atoms with Gasteiger partial charge < -0.3 is 15.2 Å². The van der Waals surface area contributed by atoms with E-state index in [1.165, 1.54) is 6.07 Å². The van der Waals surface area contributed by atoms with Crippen LogP contribution in [0, 0.1) is 10.1 Å². The molecule has 0 spiro atoms. The number of anilines is 1. The molecule has 4 rings (SSSR count). The molecule has 0 fully saturated rings. The number of hydrogen-bond donors (Lipinski definition) is 3. The van der Waals surface area contributed by atoms with Crippen LogP contribution in [0.15, 0.2) is 69.3 Å². The van der Waals surface area contributed by atoms with Crippen molar-refractivity contribution in [2.45, 2.75) is 11.7 Å². The number of halogens is 3. The zero-order valence-electron chi connectivity index (χ0n) is 21.0. The van der Waals surface area contributed by atoms with Crippen LogP contribution in [0.1, 0.15) is 11.4 Å². The maximum Gasteiger partial charge on any atom is 0.312 e. The summed E-state index contributed by atoms with van der Waals surface area (Å²) in [6.07, 6.45) is 1.10. The van der Waals surface area contributed by atoms with Crippen molar-refractivity contribution in [3.05, 3.63) is 90.6 Å². The molecule has 212 valence electrons. The first-order valence-electron chi connectivity index (χ1n) is 11.6. The summed E-state index contributed by atoms with van der Waals surface area (Å²) in [7, 11) is 1.58. The predicted molar refractivity (Wildman–Crippen MR) is 161 cm³/mol. The molecule has 41 heavy (non-hydrogen) atoms. The molecular weight excluding hydrogens is 661 g/mol. The molecule has 3 aromatic carbocycles. The van der Waals surface area contributed by atoms with Crippen molar-refractivity contribution in [1.82, 2.24) is 20.2 Å². The number of benzene rings is 3. The first-order valence-corrected chi connectivity index (χ1v) is 14.1. The number of para-hydroxylation sites is 2. The van der Waals surface area contributed by atoms with Gasteiger partial charge in [0.25, 0.3) is 5.91 Å². The fourth-order valence-electron chi connectivity index (χ4n) is 3.56. The smallest absolute Gasteiger partial charge is 0.312 e. The standard InChI is InChI=1S/C25H20BrCl2N7O5S/c1-40-21-5-3-2-4-18(21)29-12-22-31-33-25(34(22)19-7-6-16(27)10-17(19)28)41-13-23(36)32-30-11-14-8-15(26)9-20(24(14)37)35(38)39/h2-11,29,37H,12-13H2,1H3,(H,32,36)/b30-11+. The average molecular weight is 681 g/mol. The van der Waals surface area contributed by atoms with Gasteiger partial charge >= 0.3 is 5.69 Å². The molecule has 0 aliphatic carbocycles. The Bertz CT molecular complexity index is 1640. The van der Waals surface area contributed by atoms with Gasteiger partial charge in [-0.25, -0.2) is 5.43 Å². The molecule has 1 aromatic heterocycles. The van der Waals surface area contributed by atoms with E-state index in [0.29, 0.717) is 36.9 Å². The summed E-state index contributed by atoms with van der Waals surface area (Å²) in [4.78, 5) is 22.9. The SMILES string of the molecule is COc1ccccc1NCc1nnc(SCC(=O)N/N=C/c2cc(Br)cc([N+](=O)[O-])c2O)n1-c1ccc(Cl)cc1Cl. The Morgan fingerprint density at radius 3 is 2.76 bits per heavy atom. The minimum Gasteiger partial charge on any atom is -0.502 e. The van der Waals surface area contributed by atoms with Crippen LogP contribution in [-0.2, 0) is 11.3 Å². The highest BCUT2D eigenvalue weighted by molar-refractivity contribution is 9.10. The van der Waals surface area contributed by atoms with E-state index < -0.39 is 22.3 Å². The Kier molecular flexibility index (Phi) is 10.0. The van der Waals surface area contributed by atoms with Crippen LogP contribution in [0.25, 0.3) is 5.69 Å². The van der Waals surface area contributed by atoms with Crippen LogP contribution in [0.4, 0.5) is 11.4 Å². The molecule has 1 amide bonds. The van der Waals surface area contributed by atoms with Crippen LogP contribution >= 0.6 is 50.9 Å². The lowest BCUT2D eigenvalue weighted by Crippen LogP contribution is -2.20. The molecule has 16 heteroatoms. The number of phenols is 1. The summed E-state index contributed by atoms with van der Waals surface area (Å²) >= 11 is 16.8. The molecule has 3 N–H and O–H groups in total. The van der Waals surface area contributed by atoms with Gasteiger partial charge in [-0.05, 0) is 36.4 Å². The molecule has 1 heterocycles. The maximum absolute atomic E-state index is 12.5. The molecule has 0 saturated carbocycles. The molecule has 0 bridgehead atoms. The number of ether oxygens (including phenoxy) is 1. The summed E-state index contributed by atoms with van der Waals surface area (Å²) in [5, 5.41) is 38.0. The van der Waals surface area contributed by atoms with E-state index in [2.05, 4.69) is 42.0 Å². The third-order valence-corrected chi connectivity index (χ3v) is 7.33. The number of nitro benzene ring substituents is 1. The molecule has 0 saturated heterocycles. The summed E-state index contributed by atoms with van der Waals surface area (Å²) in [6.45, 7) is 0.256. The van der Waals surface area contributed by atoms with Crippen molar-refractivity contribution in [2.75, 3.05) is 18.2 Å². The monoisotopic (exact) mass is 679 g/mol. The Hall–Kier alpha value is -3.85. The fraction of sp³-hybridized carbons (Fsp3) is 0.120. The maximum atomic E-state index is 12.5. The molecule has 0 atom stereocenters. The van der Waals surface area contributed by atoms with Crippen molar-refractivity contribution in [1.29, 1.82) is 0 Å². The number of aromatic hydroxyl groups is 1. The lowest BCUT2D eigenvalue weighted by Gasteiger charge is -2.14. The van der Waals surface area contributed by atoms with Crippen molar-refractivity contribution < 1.29 is 19.6 Å². The van der Waals surface area contributed by atoms with Crippen molar-refractivity contribution >= 4 is 74.4 Å². The number of nitrogens with one attached hydrogen (secondary N) is 2. The molecule has 0 aliphatic rings. The number of amides is 1. The topological polar surface area (TPSA) is 157 Å². The Balaban J connectivity index is 1.50. The molecule has 0 aliphatic heterocycles. The molecular formula is C25H20BrCl2N7O5S. The minimum atomic E-state index is -0.726. The van der Waals surface area contributed by atoms with Crippen LogP contribution in [0.5, 0.6) is 11.5 Å². The first kappa shape index (κ1) is 30.1. The van der Waals surface area contributed by atoms with E-state index in [9.17, 15) is 20.0 Å². The van der Waals surface area contributed by atoms with Crippen molar-refractivity contribution in [3.63, 3.8) is 0 Å². The number of thioether (sulfide) groups is 1. The van der Waals surface area contributed by atoms with E-state index in [4.69, 9.17) is 27.9 Å². The number of carbonyl (C=O) groups excluding carboxylic acids is 1. The number of rotatable bonds is 11. The second-order valence-corrected chi connectivity index (χ2v) is 10.8. The van der Waals surface area contributed by atoms with Gasteiger partial charge in [0.2, 0.25) is 5.75 Å². The third kappa shape index (κ3) is 7.47. The Morgan fingerprint density at radius 2 is 2.02 bits per heavy atom. The summed E-state index contributed by atoms with van der Waals surface area (Å²) in [5.41, 5.74) is 3.18. The van der Waals surface area contributed by atoms with Gasteiger partial charge in [-0.15, -0.1) is 10.2 Å². The largest absolute Gasteiger partial charge is 0.502 e. The first-order chi connectivity index (χ1) is 19.7. The lowest BCUT2D eigenvalue weighted by atomic mass is 10.2. The molecule has 0 radical (unpaired) electrons. The number of aromatic nitrogens is 3. The number of methoxy groups -OCH3 is 1. The number of nitro groups is 1. The summed E-state index contributed by atoms with van der Waals surface area (Å²) < 4.78 is 7.46. The normalized spacial score (nSPS) is 11.0. The molecule has 4 aromatic rings. The van der Waals surface area contributed by atoms with Crippen LogP contribution in [0.2, 0.25) is 10.0 Å². The highest BCUT2D eigenvalue weighted by atomic mass is 79.9. The summed E-state index contributed by atoms with van der Waals surface area (Å²) in [6, 6.07) is 15.0. The quantitative estimate of drug-likeness (QED) is 0.0769. The third-order valence-electron chi connectivity index (χ3n) is 5.40. The number of phenolic OH excluding ortho intramolecular Hbond substituents is 1. The second kappa shape index (κ2) is 13.7. The predicted octanol–water partition coefficient (Wildman–Crippen LogP) is 5.81. The Labute approximate surface area is 256 Å². The Morgan fingerprint density at radius 1 is 1.24 bits per heavy atom. The van der Waals surface area contributed by atoms with Crippen LogP contribution in [0.3, 0.4) is 0 Å².